The van der Waals surface area contributed by atoms with Crippen molar-refractivity contribution in [2.24, 2.45) is 0 Å². The zero-order valence-electron chi connectivity index (χ0n) is 17.5. The first-order valence-electron chi connectivity index (χ1n) is 10.3. The van der Waals surface area contributed by atoms with E-state index in [-0.39, 0.29) is 19.4 Å². The topological polar surface area (TPSA) is 97.0 Å². The summed E-state index contributed by atoms with van der Waals surface area (Å²) in [6.07, 6.45) is 1.15. The molecule has 2 aromatic rings. The minimum Gasteiger partial charge on any atom is -0.454 e. The van der Waals surface area contributed by atoms with Gasteiger partial charge in [0.1, 0.15) is 12.1 Å². The smallest absolute Gasteiger partial charge is 0.325 e. The van der Waals surface area contributed by atoms with Crippen LogP contribution in [0.2, 0.25) is 0 Å². The highest BCUT2D eigenvalue weighted by atomic mass is 16.7. The maximum atomic E-state index is 13.3. The van der Waals surface area contributed by atoms with Gasteiger partial charge in [-0.15, -0.1) is 0 Å². The van der Waals surface area contributed by atoms with Gasteiger partial charge >= 0.3 is 6.03 Å². The van der Waals surface area contributed by atoms with E-state index in [9.17, 15) is 14.4 Å². The van der Waals surface area contributed by atoms with E-state index < -0.39 is 23.4 Å². The minimum atomic E-state index is -1.14. The quantitative estimate of drug-likeness (QED) is 0.668. The monoisotopic (exact) mass is 423 g/mol. The van der Waals surface area contributed by atoms with Gasteiger partial charge in [0.15, 0.2) is 11.5 Å². The lowest BCUT2D eigenvalue weighted by Crippen LogP contribution is -2.45. The Morgan fingerprint density at radius 1 is 1.16 bits per heavy atom. The third-order valence-electron chi connectivity index (χ3n) is 5.64. The summed E-state index contributed by atoms with van der Waals surface area (Å²) >= 11 is 0. The molecule has 4 rings (SSSR count). The van der Waals surface area contributed by atoms with Gasteiger partial charge in [-0.25, -0.2) is 4.79 Å². The number of imide groups is 1. The maximum Gasteiger partial charge on any atom is 0.325 e. The molecule has 2 aromatic carbocycles. The number of benzene rings is 2. The molecule has 0 bridgehead atoms. The van der Waals surface area contributed by atoms with Crippen molar-refractivity contribution in [3.8, 4) is 11.5 Å². The summed E-state index contributed by atoms with van der Waals surface area (Å²) in [4.78, 5) is 39.6. The molecule has 2 atom stereocenters. The van der Waals surface area contributed by atoms with Gasteiger partial charge in [0.25, 0.3) is 5.91 Å². The summed E-state index contributed by atoms with van der Waals surface area (Å²) in [6.45, 7) is 3.60. The van der Waals surface area contributed by atoms with Crippen LogP contribution in [-0.2, 0) is 15.1 Å². The standard InChI is InChI=1S/C23H25N3O5/c1-3-11-23(17-7-5-4-6-8-17)21(28)26(22(29)25-23)13-20(27)24-15(2)16-9-10-18-19(12-16)31-14-30-18/h4-10,12,15H,3,11,13-14H2,1-2H3,(H,24,27)(H,25,29)/t15-,23-/m0/s1. The molecule has 4 amide bonds. The fraction of sp³-hybridized carbons (Fsp3) is 0.348. The highest BCUT2D eigenvalue weighted by Crippen LogP contribution is 2.35. The van der Waals surface area contributed by atoms with Crippen LogP contribution < -0.4 is 20.1 Å². The lowest BCUT2D eigenvalue weighted by Gasteiger charge is -2.27. The number of carbonyl (C=O) groups is 3. The Bertz CT molecular complexity index is 1010. The van der Waals surface area contributed by atoms with Crippen molar-refractivity contribution >= 4 is 17.8 Å². The minimum absolute atomic E-state index is 0.173. The lowest BCUT2D eigenvalue weighted by atomic mass is 9.85. The molecular weight excluding hydrogens is 398 g/mol. The zero-order chi connectivity index (χ0) is 22.0. The van der Waals surface area contributed by atoms with Gasteiger partial charge in [0.2, 0.25) is 12.7 Å². The number of urea groups is 1. The first kappa shape index (κ1) is 20.7. The van der Waals surface area contributed by atoms with E-state index in [0.717, 1.165) is 10.5 Å². The van der Waals surface area contributed by atoms with Gasteiger partial charge in [-0.3, -0.25) is 14.5 Å². The Morgan fingerprint density at radius 2 is 1.90 bits per heavy atom. The third-order valence-corrected chi connectivity index (χ3v) is 5.64. The molecular formula is C23H25N3O5. The van der Waals surface area contributed by atoms with E-state index >= 15 is 0 Å². The number of carbonyl (C=O) groups excluding carboxylic acids is 3. The van der Waals surface area contributed by atoms with Gasteiger partial charge < -0.3 is 20.1 Å². The average molecular weight is 423 g/mol. The van der Waals surface area contributed by atoms with E-state index in [2.05, 4.69) is 10.6 Å². The van der Waals surface area contributed by atoms with Crippen molar-refractivity contribution in [2.45, 2.75) is 38.3 Å². The van der Waals surface area contributed by atoms with E-state index in [1.807, 2.05) is 56.3 Å². The van der Waals surface area contributed by atoms with Crippen molar-refractivity contribution in [1.82, 2.24) is 15.5 Å². The second kappa shape index (κ2) is 8.29. The molecule has 0 aliphatic carbocycles. The zero-order valence-corrected chi connectivity index (χ0v) is 17.5. The number of hydrogen-bond acceptors (Lipinski definition) is 5. The maximum absolute atomic E-state index is 13.3. The average Bonchev–Trinajstić information content (AvgIpc) is 3.33. The van der Waals surface area contributed by atoms with Crippen LogP contribution in [0.4, 0.5) is 4.79 Å². The summed E-state index contributed by atoms with van der Waals surface area (Å²) < 4.78 is 10.7. The molecule has 0 aromatic heterocycles. The van der Waals surface area contributed by atoms with Gasteiger partial charge in [-0.2, -0.15) is 0 Å². The molecule has 0 radical (unpaired) electrons. The third kappa shape index (κ3) is 3.81. The number of amides is 4. The Morgan fingerprint density at radius 3 is 2.65 bits per heavy atom. The van der Waals surface area contributed by atoms with E-state index in [1.54, 1.807) is 6.07 Å². The van der Waals surface area contributed by atoms with Gasteiger partial charge in [-0.1, -0.05) is 49.7 Å². The van der Waals surface area contributed by atoms with Crippen LogP contribution in [0, 0.1) is 0 Å². The van der Waals surface area contributed by atoms with Crippen LogP contribution in [0.3, 0.4) is 0 Å². The Hall–Kier alpha value is -3.55. The van der Waals surface area contributed by atoms with Gasteiger partial charge in [-0.05, 0) is 36.6 Å². The normalized spacial score (nSPS) is 20.5. The van der Waals surface area contributed by atoms with Crippen LogP contribution in [0.15, 0.2) is 48.5 Å². The van der Waals surface area contributed by atoms with Gasteiger partial charge in [0.05, 0.1) is 6.04 Å². The number of ether oxygens (including phenoxy) is 2. The van der Waals surface area contributed by atoms with Crippen LogP contribution in [0.5, 0.6) is 11.5 Å². The SMILES string of the molecule is CCC[C@@]1(c2ccccc2)NC(=O)N(CC(=O)N[C@@H](C)c2ccc3c(c2)OCO3)C1=O. The molecule has 2 aliphatic heterocycles. The number of nitrogens with zero attached hydrogens (tertiary/aromatic N) is 1. The second-order valence-corrected chi connectivity index (χ2v) is 7.74. The molecule has 162 valence electrons. The highest BCUT2D eigenvalue weighted by molar-refractivity contribution is 6.09. The highest BCUT2D eigenvalue weighted by Gasteiger charge is 2.52. The Kier molecular flexibility index (Phi) is 5.54. The molecule has 31 heavy (non-hydrogen) atoms. The largest absolute Gasteiger partial charge is 0.454 e. The van der Waals surface area contributed by atoms with Crippen molar-refractivity contribution in [3.05, 3.63) is 59.7 Å². The van der Waals surface area contributed by atoms with Crippen LogP contribution >= 0.6 is 0 Å². The molecule has 1 saturated heterocycles. The summed E-state index contributed by atoms with van der Waals surface area (Å²) in [5.41, 5.74) is 0.405. The van der Waals surface area contributed by atoms with E-state index in [0.29, 0.717) is 29.9 Å². The fourth-order valence-electron chi connectivity index (χ4n) is 4.07. The van der Waals surface area contributed by atoms with E-state index in [4.69, 9.17) is 9.47 Å². The molecule has 2 aliphatic rings. The van der Waals surface area contributed by atoms with Crippen molar-refractivity contribution in [1.29, 1.82) is 0 Å². The predicted molar refractivity (Wildman–Crippen MR) is 112 cm³/mol. The number of nitrogens with one attached hydrogen (secondary N) is 2. The molecule has 1 fully saturated rings. The van der Waals surface area contributed by atoms with Crippen LogP contribution in [0.1, 0.15) is 43.9 Å². The van der Waals surface area contributed by atoms with Crippen molar-refractivity contribution in [3.63, 3.8) is 0 Å². The van der Waals surface area contributed by atoms with E-state index in [1.165, 1.54) is 0 Å². The molecule has 2 N–H and O–H groups in total. The van der Waals surface area contributed by atoms with Gasteiger partial charge in [0, 0.05) is 0 Å². The number of hydrogen-bond donors (Lipinski definition) is 2. The fourth-order valence-corrected chi connectivity index (χ4v) is 4.07. The summed E-state index contributed by atoms with van der Waals surface area (Å²) in [5.74, 6) is 0.458. The molecule has 0 saturated carbocycles. The first-order chi connectivity index (χ1) is 14.9. The van der Waals surface area contributed by atoms with Crippen molar-refractivity contribution < 1.29 is 23.9 Å². The molecule has 0 spiro atoms. The summed E-state index contributed by atoms with van der Waals surface area (Å²) in [6, 6.07) is 13.7. The molecule has 8 nitrogen and oxygen atoms in total. The Balaban J connectivity index is 1.46. The number of rotatable bonds is 7. The predicted octanol–water partition coefficient (Wildman–Crippen LogP) is 2.84. The van der Waals surface area contributed by atoms with Crippen LogP contribution in [-0.4, -0.2) is 36.1 Å². The molecule has 2 heterocycles. The first-order valence-corrected chi connectivity index (χ1v) is 10.3. The van der Waals surface area contributed by atoms with Crippen molar-refractivity contribution in [2.75, 3.05) is 13.3 Å². The Labute approximate surface area is 180 Å². The van der Waals surface area contributed by atoms with Crippen LogP contribution in [0.25, 0.3) is 0 Å². The summed E-state index contributed by atoms with van der Waals surface area (Å²) in [5, 5.41) is 5.68. The lowest BCUT2D eigenvalue weighted by molar-refractivity contribution is -0.135. The summed E-state index contributed by atoms with van der Waals surface area (Å²) in [7, 11) is 0. The second-order valence-electron chi connectivity index (χ2n) is 7.74. The molecule has 0 unspecified atom stereocenters. The molecule has 8 heteroatoms. The number of fused-ring (bicyclic) bond motifs is 1.